The van der Waals surface area contributed by atoms with Crippen LogP contribution in [0.2, 0.25) is 0 Å². The number of nitrogens with zero attached hydrogens (tertiary/aromatic N) is 1. The van der Waals surface area contributed by atoms with Gasteiger partial charge in [-0.1, -0.05) is 128 Å². The van der Waals surface area contributed by atoms with Gasteiger partial charge in [0.1, 0.15) is 5.60 Å². The Morgan fingerprint density at radius 1 is 0.757 bits per heavy atom. The molecule has 1 aliphatic rings. The zero-order valence-electron chi connectivity index (χ0n) is 21.6. The van der Waals surface area contributed by atoms with Gasteiger partial charge in [0.05, 0.1) is 12.7 Å². The normalized spacial score (nSPS) is 19.4. The number of aliphatic hydroxyl groups excluding tert-OH is 1. The second kappa shape index (κ2) is 11.9. The molecule has 0 aromatic heterocycles. The molecule has 1 unspecified atom stereocenters. The summed E-state index contributed by atoms with van der Waals surface area (Å²) in [6, 6.07) is 42.1. The minimum absolute atomic E-state index is 0.201. The molecule has 0 saturated carbocycles. The number of β-amino-alcohol motifs (C(OH)–C–C–N with tert-alkyl or cyclic N) is 1. The van der Waals surface area contributed by atoms with Gasteiger partial charge in [-0.05, 0) is 47.1 Å². The Labute approximate surface area is 221 Å². The third-order valence-corrected chi connectivity index (χ3v) is 7.80. The van der Waals surface area contributed by atoms with Crippen molar-refractivity contribution in [1.82, 2.24) is 4.90 Å². The van der Waals surface area contributed by atoms with Crippen molar-refractivity contribution in [2.75, 3.05) is 19.7 Å². The van der Waals surface area contributed by atoms with Crippen molar-refractivity contribution in [1.29, 1.82) is 0 Å². The van der Waals surface area contributed by atoms with Crippen LogP contribution in [0, 0.1) is 11.8 Å². The van der Waals surface area contributed by atoms with E-state index in [2.05, 4.69) is 109 Å². The van der Waals surface area contributed by atoms with Crippen molar-refractivity contribution in [3.63, 3.8) is 0 Å². The summed E-state index contributed by atoms with van der Waals surface area (Å²) >= 11 is 0. The largest absolute Gasteiger partial charge is 0.391 e. The summed E-state index contributed by atoms with van der Waals surface area (Å²) in [6.45, 7) is 5.35. The van der Waals surface area contributed by atoms with Crippen LogP contribution in [0.4, 0.5) is 0 Å². The van der Waals surface area contributed by atoms with E-state index in [-0.39, 0.29) is 17.9 Å². The molecule has 1 fully saturated rings. The molecule has 0 amide bonds. The summed E-state index contributed by atoms with van der Waals surface area (Å²) in [6.07, 6.45) is 0.601. The number of rotatable bonds is 9. The fraction of sp³-hybridized carbons (Fsp3) is 0.294. The molecule has 1 N–H and O–H groups in total. The lowest BCUT2D eigenvalue weighted by Gasteiger charge is -2.41. The lowest BCUT2D eigenvalue weighted by Crippen LogP contribution is -2.46. The van der Waals surface area contributed by atoms with E-state index in [0.29, 0.717) is 13.2 Å². The van der Waals surface area contributed by atoms with Crippen LogP contribution in [0.15, 0.2) is 121 Å². The van der Waals surface area contributed by atoms with Gasteiger partial charge < -0.3 is 9.84 Å². The average Bonchev–Trinajstić information content (AvgIpc) is 2.96. The van der Waals surface area contributed by atoms with Crippen molar-refractivity contribution in [2.24, 2.45) is 11.8 Å². The molecule has 1 aliphatic heterocycles. The third kappa shape index (κ3) is 5.70. The second-order valence-corrected chi connectivity index (χ2v) is 10.3. The number of likely N-dealkylation sites (tertiary alicyclic amines) is 1. The highest BCUT2D eigenvalue weighted by Gasteiger charge is 2.39. The van der Waals surface area contributed by atoms with Crippen molar-refractivity contribution in [3.05, 3.63) is 144 Å². The molecule has 190 valence electrons. The molecule has 0 spiro atoms. The summed E-state index contributed by atoms with van der Waals surface area (Å²) in [5, 5.41) is 11.2. The molecule has 5 rings (SSSR count). The minimum Gasteiger partial charge on any atom is -0.391 e. The molecule has 4 aromatic rings. The van der Waals surface area contributed by atoms with Gasteiger partial charge in [0.2, 0.25) is 0 Å². The summed E-state index contributed by atoms with van der Waals surface area (Å²) in [5.74, 6) is 0.413. The van der Waals surface area contributed by atoms with Gasteiger partial charge in [-0.2, -0.15) is 0 Å². The molecule has 1 saturated heterocycles. The molecule has 3 nitrogen and oxygen atoms in total. The Bertz CT molecular complexity index is 1120. The van der Waals surface area contributed by atoms with Crippen LogP contribution in [0.25, 0.3) is 0 Å². The van der Waals surface area contributed by atoms with Gasteiger partial charge >= 0.3 is 0 Å². The maximum atomic E-state index is 11.2. The average molecular weight is 492 g/mol. The molecule has 1 heterocycles. The number of benzene rings is 4. The molecule has 0 bridgehead atoms. The minimum atomic E-state index is -0.725. The maximum Gasteiger partial charge on any atom is 0.143 e. The van der Waals surface area contributed by atoms with Gasteiger partial charge in [0.15, 0.2) is 0 Å². The predicted molar refractivity (Wildman–Crippen MR) is 150 cm³/mol. The van der Waals surface area contributed by atoms with E-state index in [1.165, 1.54) is 5.56 Å². The predicted octanol–water partition coefficient (Wildman–Crippen LogP) is 6.51. The van der Waals surface area contributed by atoms with E-state index >= 15 is 0 Å². The van der Waals surface area contributed by atoms with E-state index in [9.17, 15) is 5.11 Å². The van der Waals surface area contributed by atoms with Gasteiger partial charge in [-0.15, -0.1) is 0 Å². The molecule has 4 aromatic carbocycles. The molecule has 3 atom stereocenters. The van der Waals surface area contributed by atoms with Crippen molar-refractivity contribution >= 4 is 0 Å². The molecule has 3 heteroatoms. The first-order chi connectivity index (χ1) is 18.2. The third-order valence-electron chi connectivity index (χ3n) is 7.80. The Kier molecular flexibility index (Phi) is 8.15. The van der Waals surface area contributed by atoms with Gasteiger partial charge in [0.25, 0.3) is 0 Å². The van der Waals surface area contributed by atoms with Crippen LogP contribution in [0.1, 0.15) is 35.6 Å². The van der Waals surface area contributed by atoms with Crippen molar-refractivity contribution < 1.29 is 9.84 Å². The molecular weight excluding hydrogens is 454 g/mol. The van der Waals surface area contributed by atoms with Crippen LogP contribution in [-0.4, -0.2) is 35.8 Å². The van der Waals surface area contributed by atoms with E-state index in [4.69, 9.17) is 4.74 Å². The Morgan fingerprint density at radius 2 is 1.22 bits per heavy atom. The van der Waals surface area contributed by atoms with E-state index in [1.54, 1.807) is 0 Å². The number of hydrogen-bond donors (Lipinski definition) is 1. The Morgan fingerprint density at radius 3 is 1.68 bits per heavy atom. The van der Waals surface area contributed by atoms with Gasteiger partial charge in [-0.25, -0.2) is 0 Å². The quantitative estimate of drug-likeness (QED) is 0.271. The summed E-state index contributed by atoms with van der Waals surface area (Å²) < 4.78 is 7.05. The summed E-state index contributed by atoms with van der Waals surface area (Å²) in [4.78, 5) is 2.37. The SMILES string of the molecule is CC(COC(c1ccccc1)(c1ccccc1)c1ccccc1)[C@@H]1CCN(Cc2ccccc2)C[C@H]1O. The first kappa shape index (κ1) is 25.4. The highest BCUT2D eigenvalue weighted by Crippen LogP contribution is 2.41. The molecule has 0 radical (unpaired) electrons. The second-order valence-electron chi connectivity index (χ2n) is 10.3. The first-order valence-electron chi connectivity index (χ1n) is 13.4. The van der Waals surface area contributed by atoms with Crippen LogP contribution in [0.3, 0.4) is 0 Å². The zero-order valence-corrected chi connectivity index (χ0v) is 21.6. The van der Waals surface area contributed by atoms with Crippen LogP contribution >= 0.6 is 0 Å². The Balaban J connectivity index is 1.37. The fourth-order valence-corrected chi connectivity index (χ4v) is 5.81. The highest BCUT2D eigenvalue weighted by molar-refractivity contribution is 5.47. The molecule has 37 heavy (non-hydrogen) atoms. The number of ether oxygens (including phenoxy) is 1. The van der Waals surface area contributed by atoms with Crippen molar-refractivity contribution in [3.8, 4) is 0 Å². The highest BCUT2D eigenvalue weighted by atomic mass is 16.5. The zero-order chi connectivity index (χ0) is 25.5. The lowest BCUT2D eigenvalue weighted by atomic mass is 9.79. The Hall–Kier alpha value is -3.24. The summed E-state index contributed by atoms with van der Waals surface area (Å²) in [5.41, 5.74) is 3.90. The maximum absolute atomic E-state index is 11.2. The smallest absolute Gasteiger partial charge is 0.143 e. The van der Waals surface area contributed by atoms with E-state index < -0.39 is 5.60 Å². The number of hydrogen-bond acceptors (Lipinski definition) is 3. The lowest BCUT2D eigenvalue weighted by molar-refractivity contribution is -0.0549. The topological polar surface area (TPSA) is 32.7 Å². The number of piperidine rings is 1. The summed E-state index contributed by atoms with van der Waals surface area (Å²) in [7, 11) is 0. The number of aliphatic hydroxyl groups is 1. The standard InChI is InChI=1S/C34H37NO2/c1-27(32-22-23-35(25-33(32)36)24-28-14-6-2-7-15-28)26-37-34(29-16-8-3-9-17-29,30-18-10-4-11-19-30)31-20-12-5-13-21-31/h2-21,27,32-33,36H,22-26H2,1H3/t27?,32-,33+/m0/s1. The van der Waals surface area contributed by atoms with Gasteiger partial charge in [-0.3, -0.25) is 4.90 Å². The van der Waals surface area contributed by atoms with Crippen LogP contribution in [0.5, 0.6) is 0 Å². The van der Waals surface area contributed by atoms with E-state index in [1.807, 2.05) is 24.3 Å². The van der Waals surface area contributed by atoms with Crippen molar-refractivity contribution in [2.45, 2.75) is 31.6 Å². The van der Waals surface area contributed by atoms with Crippen LogP contribution in [-0.2, 0) is 16.9 Å². The molecule has 0 aliphatic carbocycles. The van der Waals surface area contributed by atoms with Gasteiger partial charge in [0, 0.05) is 13.1 Å². The fourth-order valence-electron chi connectivity index (χ4n) is 5.81. The first-order valence-corrected chi connectivity index (χ1v) is 13.4. The molecular formula is C34H37NO2. The monoisotopic (exact) mass is 491 g/mol. The van der Waals surface area contributed by atoms with Crippen LogP contribution < -0.4 is 0 Å². The van der Waals surface area contributed by atoms with E-state index in [0.717, 1.165) is 36.2 Å².